The maximum Gasteiger partial charge on any atom is 0.320 e. The van der Waals surface area contributed by atoms with Crippen LogP contribution in [-0.2, 0) is 14.3 Å². The van der Waals surface area contributed by atoms with Crippen molar-refractivity contribution < 1.29 is 19.2 Å². The third kappa shape index (κ3) is 2.68. The molecule has 0 N–H and O–H groups in total. The van der Waals surface area contributed by atoms with Crippen molar-refractivity contribution in [2.24, 2.45) is 11.3 Å². The van der Waals surface area contributed by atoms with Gasteiger partial charge in [0.15, 0.2) is 5.78 Å². The molecule has 0 aromatic carbocycles. The molecule has 2 unspecified atom stereocenters. The van der Waals surface area contributed by atoms with Gasteiger partial charge in [0.2, 0.25) is 6.54 Å². The minimum absolute atomic E-state index is 0.180. The Labute approximate surface area is 106 Å². The fourth-order valence-corrected chi connectivity index (χ4v) is 2.63. The molecule has 0 aromatic heterocycles. The minimum Gasteiger partial charge on any atom is -0.465 e. The number of ketones is 1. The average Bonchev–Trinajstić information content (AvgIpc) is 2.28. The number of carbonyl (C=O) groups is 2. The summed E-state index contributed by atoms with van der Waals surface area (Å²) in [7, 11) is 0. The Morgan fingerprint density at radius 3 is 2.72 bits per heavy atom. The number of ether oxygens (including phenoxy) is 1. The molecule has 0 spiro atoms. The molecular formula is C12H19NO5. The van der Waals surface area contributed by atoms with E-state index in [0.717, 1.165) is 12.8 Å². The SMILES string of the molecule is CCOC(=O)C1(C(C)C[N+](=O)[O-])CCCCC1=O. The van der Waals surface area contributed by atoms with Crippen LogP contribution in [0.2, 0.25) is 0 Å². The first-order valence-corrected chi connectivity index (χ1v) is 6.27. The van der Waals surface area contributed by atoms with Gasteiger partial charge in [0.1, 0.15) is 5.41 Å². The van der Waals surface area contributed by atoms with Crippen LogP contribution in [0, 0.1) is 21.4 Å². The van der Waals surface area contributed by atoms with Crippen molar-refractivity contribution in [2.45, 2.75) is 39.5 Å². The van der Waals surface area contributed by atoms with Gasteiger partial charge in [-0.1, -0.05) is 13.3 Å². The molecule has 0 bridgehead atoms. The predicted molar refractivity (Wildman–Crippen MR) is 63.6 cm³/mol. The zero-order chi connectivity index (χ0) is 13.8. The van der Waals surface area contributed by atoms with Crippen LogP contribution in [0.25, 0.3) is 0 Å². The Balaban J connectivity index is 3.03. The lowest BCUT2D eigenvalue weighted by Crippen LogP contribution is -2.49. The maximum absolute atomic E-state index is 12.1. The highest BCUT2D eigenvalue weighted by Crippen LogP contribution is 2.41. The number of nitro groups is 1. The van der Waals surface area contributed by atoms with Gasteiger partial charge in [-0.15, -0.1) is 0 Å². The highest BCUT2D eigenvalue weighted by Gasteiger charge is 2.53. The van der Waals surface area contributed by atoms with Gasteiger partial charge in [0.05, 0.1) is 6.61 Å². The molecule has 1 rings (SSSR count). The van der Waals surface area contributed by atoms with Gasteiger partial charge < -0.3 is 4.74 Å². The number of carbonyl (C=O) groups excluding carboxylic acids is 2. The summed E-state index contributed by atoms with van der Waals surface area (Å²) in [5, 5.41) is 10.6. The molecule has 0 radical (unpaired) electrons. The lowest BCUT2D eigenvalue weighted by atomic mass is 9.65. The summed E-state index contributed by atoms with van der Waals surface area (Å²) in [6.07, 6.45) is 2.14. The van der Waals surface area contributed by atoms with Gasteiger partial charge in [0.25, 0.3) is 0 Å². The second kappa shape index (κ2) is 5.93. The van der Waals surface area contributed by atoms with Gasteiger partial charge in [-0.25, -0.2) is 0 Å². The third-order valence-electron chi connectivity index (χ3n) is 3.63. The van der Waals surface area contributed by atoms with Crippen LogP contribution < -0.4 is 0 Å². The Morgan fingerprint density at radius 2 is 2.22 bits per heavy atom. The summed E-state index contributed by atoms with van der Waals surface area (Å²) < 4.78 is 4.98. The van der Waals surface area contributed by atoms with E-state index >= 15 is 0 Å². The Hall–Kier alpha value is -1.46. The first-order chi connectivity index (χ1) is 8.45. The summed E-state index contributed by atoms with van der Waals surface area (Å²) in [5.74, 6) is -1.43. The van der Waals surface area contributed by atoms with Gasteiger partial charge in [-0.2, -0.15) is 0 Å². The zero-order valence-electron chi connectivity index (χ0n) is 10.8. The van der Waals surface area contributed by atoms with Gasteiger partial charge >= 0.3 is 5.97 Å². The number of Topliss-reactive ketones (excluding diaryl/α,β-unsaturated/α-hetero) is 1. The molecule has 1 fully saturated rings. The van der Waals surface area contributed by atoms with E-state index in [9.17, 15) is 19.7 Å². The van der Waals surface area contributed by atoms with Crippen LogP contribution >= 0.6 is 0 Å². The standard InChI is InChI=1S/C12H19NO5/c1-3-18-11(15)12(9(2)8-13(16)17)7-5-4-6-10(12)14/h9H,3-8H2,1-2H3. The molecule has 102 valence electrons. The maximum atomic E-state index is 12.1. The molecule has 0 amide bonds. The number of nitrogens with zero attached hydrogens (tertiary/aromatic N) is 1. The second-order valence-corrected chi connectivity index (χ2v) is 4.74. The van der Waals surface area contributed by atoms with Crippen molar-refractivity contribution in [1.29, 1.82) is 0 Å². The lowest BCUT2D eigenvalue weighted by molar-refractivity contribution is -0.490. The van der Waals surface area contributed by atoms with Crippen LogP contribution in [-0.4, -0.2) is 29.8 Å². The normalized spacial score (nSPS) is 25.6. The van der Waals surface area contributed by atoms with Crippen LogP contribution in [0.5, 0.6) is 0 Å². The highest BCUT2D eigenvalue weighted by molar-refractivity contribution is 6.04. The van der Waals surface area contributed by atoms with Crippen molar-refractivity contribution in [3.05, 3.63) is 10.1 Å². The molecule has 6 nitrogen and oxygen atoms in total. The molecule has 1 aliphatic rings. The fourth-order valence-electron chi connectivity index (χ4n) is 2.63. The molecule has 0 saturated heterocycles. The van der Waals surface area contributed by atoms with Gasteiger partial charge in [-0.3, -0.25) is 19.7 Å². The summed E-state index contributed by atoms with van der Waals surface area (Å²) in [4.78, 5) is 34.4. The zero-order valence-corrected chi connectivity index (χ0v) is 10.8. The van der Waals surface area contributed by atoms with E-state index in [2.05, 4.69) is 0 Å². The third-order valence-corrected chi connectivity index (χ3v) is 3.63. The van der Waals surface area contributed by atoms with E-state index in [-0.39, 0.29) is 18.9 Å². The quantitative estimate of drug-likeness (QED) is 0.323. The average molecular weight is 257 g/mol. The smallest absolute Gasteiger partial charge is 0.320 e. The summed E-state index contributed by atoms with van der Waals surface area (Å²) in [5.41, 5.74) is -1.30. The first kappa shape index (κ1) is 14.6. The Bertz CT molecular complexity index is 354. The van der Waals surface area contributed by atoms with Crippen LogP contribution in [0.3, 0.4) is 0 Å². The van der Waals surface area contributed by atoms with Crippen LogP contribution in [0.4, 0.5) is 0 Å². The van der Waals surface area contributed by atoms with Crippen molar-refractivity contribution in [3.63, 3.8) is 0 Å². The molecule has 0 aliphatic heterocycles. The molecule has 2 atom stereocenters. The fraction of sp³-hybridized carbons (Fsp3) is 0.833. The van der Waals surface area contributed by atoms with Crippen molar-refractivity contribution in [1.82, 2.24) is 0 Å². The largest absolute Gasteiger partial charge is 0.465 e. The Morgan fingerprint density at radius 1 is 1.56 bits per heavy atom. The van der Waals surface area contributed by atoms with Crippen LogP contribution in [0.15, 0.2) is 0 Å². The topological polar surface area (TPSA) is 86.5 Å². The molecule has 18 heavy (non-hydrogen) atoms. The summed E-state index contributed by atoms with van der Waals surface area (Å²) >= 11 is 0. The van der Waals surface area contributed by atoms with Crippen LogP contribution in [0.1, 0.15) is 39.5 Å². The van der Waals surface area contributed by atoms with Crippen molar-refractivity contribution in [2.75, 3.05) is 13.2 Å². The number of rotatable bonds is 5. The molecule has 0 aromatic rings. The summed E-state index contributed by atoms with van der Waals surface area (Å²) in [6, 6.07) is 0. The Kier molecular flexibility index (Phi) is 4.81. The van der Waals surface area contributed by atoms with Crippen molar-refractivity contribution in [3.8, 4) is 0 Å². The van der Waals surface area contributed by atoms with E-state index in [1.807, 2.05) is 0 Å². The molecule has 1 aliphatic carbocycles. The lowest BCUT2D eigenvalue weighted by Gasteiger charge is -2.36. The molecular weight excluding hydrogens is 238 g/mol. The minimum atomic E-state index is -1.30. The van der Waals surface area contributed by atoms with Crippen molar-refractivity contribution >= 4 is 11.8 Å². The predicted octanol–water partition coefficient (Wildman–Crippen LogP) is 1.59. The monoisotopic (exact) mass is 257 g/mol. The van der Waals surface area contributed by atoms with E-state index in [4.69, 9.17) is 4.74 Å². The van der Waals surface area contributed by atoms with E-state index in [0.29, 0.717) is 12.8 Å². The van der Waals surface area contributed by atoms with E-state index < -0.39 is 22.2 Å². The molecule has 1 saturated carbocycles. The number of hydrogen-bond donors (Lipinski definition) is 0. The number of esters is 1. The summed E-state index contributed by atoms with van der Waals surface area (Å²) in [6.45, 7) is 3.05. The van der Waals surface area contributed by atoms with Gasteiger partial charge in [0, 0.05) is 17.3 Å². The molecule has 0 heterocycles. The first-order valence-electron chi connectivity index (χ1n) is 6.27. The highest BCUT2D eigenvalue weighted by atomic mass is 16.6. The van der Waals surface area contributed by atoms with E-state index in [1.165, 1.54) is 0 Å². The number of hydrogen-bond acceptors (Lipinski definition) is 5. The second-order valence-electron chi connectivity index (χ2n) is 4.74. The van der Waals surface area contributed by atoms with E-state index in [1.54, 1.807) is 13.8 Å². The molecule has 6 heteroatoms. The van der Waals surface area contributed by atoms with Gasteiger partial charge in [-0.05, 0) is 19.8 Å².